The van der Waals surface area contributed by atoms with Gasteiger partial charge in [0.25, 0.3) is 0 Å². The number of nitrogens with zero attached hydrogens (tertiary/aromatic N) is 1. The lowest BCUT2D eigenvalue weighted by atomic mass is 10.3. The fourth-order valence-electron chi connectivity index (χ4n) is 1.51. The highest BCUT2D eigenvalue weighted by Crippen LogP contribution is 2.19. The number of ether oxygens (including phenoxy) is 2. The molecular formula is C13H24N2O2S. The van der Waals surface area contributed by atoms with Crippen molar-refractivity contribution in [2.45, 2.75) is 32.7 Å². The predicted molar refractivity (Wildman–Crippen MR) is 75.2 cm³/mol. The SMILES string of the molecule is CCc1cnc(C(C)NCCCOCCOC)s1. The summed E-state index contributed by atoms with van der Waals surface area (Å²) in [7, 11) is 1.69. The van der Waals surface area contributed by atoms with E-state index in [0.29, 0.717) is 19.3 Å². The first kappa shape index (κ1) is 15.6. The Hall–Kier alpha value is -0.490. The Kier molecular flexibility index (Phi) is 8.17. The second kappa shape index (κ2) is 9.44. The Morgan fingerprint density at radius 1 is 1.39 bits per heavy atom. The van der Waals surface area contributed by atoms with Gasteiger partial charge in [0, 0.05) is 24.8 Å². The molecule has 0 saturated heterocycles. The maximum absolute atomic E-state index is 5.41. The van der Waals surface area contributed by atoms with Gasteiger partial charge in [-0.15, -0.1) is 11.3 Å². The van der Waals surface area contributed by atoms with Crippen LogP contribution in [0.2, 0.25) is 0 Å². The van der Waals surface area contributed by atoms with Gasteiger partial charge in [0.1, 0.15) is 5.01 Å². The van der Waals surface area contributed by atoms with E-state index in [1.807, 2.05) is 6.20 Å². The third-order valence-electron chi connectivity index (χ3n) is 2.64. The molecule has 0 bridgehead atoms. The van der Waals surface area contributed by atoms with Crippen LogP contribution in [0.4, 0.5) is 0 Å². The van der Waals surface area contributed by atoms with Crippen molar-refractivity contribution in [3.63, 3.8) is 0 Å². The highest BCUT2D eigenvalue weighted by atomic mass is 32.1. The molecule has 1 heterocycles. The maximum Gasteiger partial charge on any atom is 0.109 e. The molecule has 1 aromatic rings. The van der Waals surface area contributed by atoms with E-state index in [0.717, 1.165) is 26.0 Å². The largest absolute Gasteiger partial charge is 0.382 e. The quantitative estimate of drug-likeness (QED) is 0.664. The zero-order valence-corrected chi connectivity index (χ0v) is 12.4. The average molecular weight is 272 g/mol. The molecule has 1 N–H and O–H groups in total. The molecule has 5 heteroatoms. The summed E-state index contributed by atoms with van der Waals surface area (Å²) in [5.41, 5.74) is 0. The fraction of sp³-hybridized carbons (Fsp3) is 0.769. The molecule has 0 fully saturated rings. The average Bonchev–Trinajstić information content (AvgIpc) is 2.86. The lowest BCUT2D eigenvalue weighted by molar-refractivity contribution is 0.0693. The Morgan fingerprint density at radius 2 is 2.22 bits per heavy atom. The van der Waals surface area contributed by atoms with Gasteiger partial charge in [-0.25, -0.2) is 4.98 Å². The summed E-state index contributed by atoms with van der Waals surface area (Å²) in [6.45, 7) is 7.40. The Balaban J connectivity index is 2.08. The monoisotopic (exact) mass is 272 g/mol. The van der Waals surface area contributed by atoms with Crippen molar-refractivity contribution in [1.82, 2.24) is 10.3 Å². The lowest BCUT2D eigenvalue weighted by Crippen LogP contribution is -2.21. The summed E-state index contributed by atoms with van der Waals surface area (Å²) in [5.74, 6) is 0. The van der Waals surface area contributed by atoms with Crippen molar-refractivity contribution < 1.29 is 9.47 Å². The molecule has 0 radical (unpaired) electrons. The van der Waals surface area contributed by atoms with E-state index in [1.54, 1.807) is 18.4 Å². The van der Waals surface area contributed by atoms with Crippen LogP contribution >= 0.6 is 11.3 Å². The van der Waals surface area contributed by atoms with Gasteiger partial charge in [-0.2, -0.15) is 0 Å². The van der Waals surface area contributed by atoms with Crippen LogP contribution in [0.1, 0.15) is 36.2 Å². The summed E-state index contributed by atoms with van der Waals surface area (Å²) in [6, 6.07) is 0.328. The minimum absolute atomic E-state index is 0.328. The first-order chi connectivity index (χ1) is 8.77. The van der Waals surface area contributed by atoms with Crippen LogP contribution in [0.5, 0.6) is 0 Å². The first-order valence-electron chi connectivity index (χ1n) is 6.52. The highest BCUT2D eigenvalue weighted by Gasteiger charge is 2.08. The third-order valence-corrected chi connectivity index (χ3v) is 3.96. The molecule has 0 aliphatic rings. The van der Waals surface area contributed by atoms with Gasteiger partial charge in [-0.1, -0.05) is 6.92 Å². The van der Waals surface area contributed by atoms with Gasteiger partial charge in [-0.3, -0.25) is 0 Å². The number of thiazole rings is 1. The molecule has 104 valence electrons. The molecule has 0 aliphatic carbocycles. The molecule has 1 unspecified atom stereocenters. The van der Waals surface area contributed by atoms with Crippen molar-refractivity contribution >= 4 is 11.3 Å². The first-order valence-corrected chi connectivity index (χ1v) is 7.34. The van der Waals surface area contributed by atoms with Crippen molar-refractivity contribution in [3.05, 3.63) is 16.1 Å². The number of rotatable bonds is 10. The second-order valence-corrected chi connectivity index (χ2v) is 5.30. The molecule has 1 rings (SSSR count). The minimum atomic E-state index is 0.328. The Labute approximate surface area is 114 Å². The molecule has 1 aromatic heterocycles. The summed E-state index contributed by atoms with van der Waals surface area (Å²) in [4.78, 5) is 5.78. The molecule has 18 heavy (non-hydrogen) atoms. The summed E-state index contributed by atoms with van der Waals surface area (Å²) in [6.07, 6.45) is 4.06. The minimum Gasteiger partial charge on any atom is -0.382 e. The zero-order chi connectivity index (χ0) is 13.2. The maximum atomic E-state index is 5.41. The van der Waals surface area contributed by atoms with Gasteiger partial charge in [0.05, 0.1) is 19.3 Å². The fourth-order valence-corrected chi connectivity index (χ4v) is 2.39. The van der Waals surface area contributed by atoms with Gasteiger partial charge in [0.2, 0.25) is 0 Å². The number of aromatic nitrogens is 1. The summed E-state index contributed by atoms with van der Waals surface area (Å²) in [5, 5.41) is 4.64. The van der Waals surface area contributed by atoms with Crippen molar-refractivity contribution in [2.24, 2.45) is 0 Å². The van der Waals surface area contributed by atoms with E-state index >= 15 is 0 Å². The van der Waals surface area contributed by atoms with Gasteiger partial charge in [-0.05, 0) is 26.3 Å². The van der Waals surface area contributed by atoms with E-state index < -0.39 is 0 Å². The number of hydrogen-bond acceptors (Lipinski definition) is 5. The van der Waals surface area contributed by atoms with Crippen LogP contribution in [0.15, 0.2) is 6.20 Å². The molecule has 1 atom stereocenters. The molecule has 0 saturated carbocycles. The highest BCUT2D eigenvalue weighted by molar-refractivity contribution is 7.11. The number of methoxy groups -OCH3 is 1. The van der Waals surface area contributed by atoms with Crippen molar-refractivity contribution in [2.75, 3.05) is 33.5 Å². The van der Waals surface area contributed by atoms with Crippen LogP contribution in [-0.2, 0) is 15.9 Å². The third kappa shape index (κ3) is 5.91. The van der Waals surface area contributed by atoms with Crippen LogP contribution in [0.3, 0.4) is 0 Å². The molecule has 0 aromatic carbocycles. The molecule has 0 aliphatic heterocycles. The van der Waals surface area contributed by atoms with Crippen LogP contribution < -0.4 is 5.32 Å². The van der Waals surface area contributed by atoms with Crippen LogP contribution in [-0.4, -0.2) is 38.5 Å². The lowest BCUT2D eigenvalue weighted by Gasteiger charge is -2.11. The summed E-state index contributed by atoms with van der Waals surface area (Å²) >= 11 is 1.79. The van der Waals surface area contributed by atoms with Gasteiger partial charge >= 0.3 is 0 Å². The van der Waals surface area contributed by atoms with Crippen molar-refractivity contribution in [3.8, 4) is 0 Å². The summed E-state index contributed by atoms with van der Waals surface area (Å²) < 4.78 is 10.3. The predicted octanol–water partition coefficient (Wildman–Crippen LogP) is 2.41. The van der Waals surface area contributed by atoms with E-state index in [-0.39, 0.29) is 0 Å². The topological polar surface area (TPSA) is 43.4 Å². The Bertz CT molecular complexity index is 318. The zero-order valence-electron chi connectivity index (χ0n) is 11.6. The normalized spacial score (nSPS) is 12.8. The van der Waals surface area contributed by atoms with E-state index in [1.165, 1.54) is 9.88 Å². The molecule has 0 amide bonds. The smallest absolute Gasteiger partial charge is 0.109 e. The number of hydrogen-bond donors (Lipinski definition) is 1. The van der Waals surface area contributed by atoms with E-state index in [2.05, 4.69) is 24.1 Å². The van der Waals surface area contributed by atoms with Crippen LogP contribution in [0.25, 0.3) is 0 Å². The van der Waals surface area contributed by atoms with Crippen LogP contribution in [0, 0.1) is 0 Å². The molecule has 0 spiro atoms. The number of nitrogens with one attached hydrogen (secondary N) is 1. The molecular weight excluding hydrogens is 248 g/mol. The van der Waals surface area contributed by atoms with Gasteiger partial charge in [0.15, 0.2) is 0 Å². The van der Waals surface area contributed by atoms with E-state index in [9.17, 15) is 0 Å². The second-order valence-electron chi connectivity index (χ2n) is 4.15. The van der Waals surface area contributed by atoms with Crippen molar-refractivity contribution in [1.29, 1.82) is 0 Å². The Morgan fingerprint density at radius 3 is 2.89 bits per heavy atom. The number of aryl methyl sites for hydroxylation is 1. The van der Waals surface area contributed by atoms with Gasteiger partial charge < -0.3 is 14.8 Å². The molecule has 4 nitrogen and oxygen atoms in total. The van der Waals surface area contributed by atoms with E-state index in [4.69, 9.17) is 9.47 Å². The standard InChI is InChI=1S/C13H24N2O2S/c1-4-12-10-15-13(18-12)11(2)14-6-5-7-17-9-8-16-3/h10-11,14H,4-9H2,1-3H3.